The normalized spacial score (nSPS) is 11.0. The summed E-state index contributed by atoms with van der Waals surface area (Å²) in [7, 11) is 0. The van der Waals surface area contributed by atoms with E-state index in [9.17, 15) is 14.4 Å². The average molecular weight is 378 g/mol. The van der Waals surface area contributed by atoms with Crippen molar-refractivity contribution in [2.24, 2.45) is 5.73 Å². The van der Waals surface area contributed by atoms with E-state index < -0.39 is 11.8 Å². The highest BCUT2D eigenvalue weighted by Gasteiger charge is 2.24. The number of benzene rings is 2. The third-order valence-corrected chi connectivity index (χ3v) is 4.41. The third-order valence-electron chi connectivity index (χ3n) is 4.41. The van der Waals surface area contributed by atoms with Crippen molar-refractivity contribution in [1.29, 1.82) is 0 Å². The van der Waals surface area contributed by atoms with E-state index in [1.165, 1.54) is 9.58 Å². The molecule has 1 aromatic heterocycles. The molecule has 0 aliphatic heterocycles. The van der Waals surface area contributed by atoms with Crippen molar-refractivity contribution in [2.45, 2.75) is 26.3 Å². The van der Waals surface area contributed by atoms with Crippen LogP contribution < -0.4 is 16.2 Å². The van der Waals surface area contributed by atoms with Gasteiger partial charge in [-0.25, -0.2) is 4.68 Å². The highest BCUT2D eigenvalue weighted by molar-refractivity contribution is 6.12. The lowest BCUT2D eigenvalue weighted by atomic mass is 10.1. The van der Waals surface area contributed by atoms with Gasteiger partial charge in [-0.3, -0.25) is 14.4 Å². The summed E-state index contributed by atoms with van der Waals surface area (Å²) in [5.41, 5.74) is 5.84. The number of hydrogen-bond acceptors (Lipinski definition) is 4. The molecule has 0 saturated carbocycles. The molecule has 2 amide bonds. The number of fused-ring (bicyclic) bond motifs is 1. The van der Waals surface area contributed by atoms with Gasteiger partial charge in [0.2, 0.25) is 5.91 Å². The van der Waals surface area contributed by atoms with E-state index in [4.69, 9.17) is 5.73 Å². The van der Waals surface area contributed by atoms with Crippen LogP contribution in [0, 0.1) is 0 Å². The summed E-state index contributed by atoms with van der Waals surface area (Å²) in [5, 5.41) is 5.28. The fourth-order valence-electron chi connectivity index (χ4n) is 3.02. The fraction of sp³-hybridized carbons (Fsp3) is 0.238. The van der Waals surface area contributed by atoms with Crippen molar-refractivity contribution in [2.75, 3.05) is 11.4 Å². The first kappa shape index (κ1) is 19.3. The first-order valence-electron chi connectivity index (χ1n) is 9.07. The molecule has 0 fully saturated rings. The zero-order chi connectivity index (χ0) is 20.3. The summed E-state index contributed by atoms with van der Waals surface area (Å²) in [6.07, 6.45) is 0.0163. The molecule has 0 saturated heterocycles. The van der Waals surface area contributed by atoms with E-state index in [0.29, 0.717) is 16.5 Å². The number of carbonyl (C=O) groups is 2. The summed E-state index contributed by atoms with van der Waals surface area (Å²) in [6.45, 7) is 3.79. The predicted octanol–water partition coefficient (Wildman–Crippen LogP) is 2.50. The molecule has 7 heteroatoms. The highest BCUT2D eigenvalue weighted by atomic mass is 16.2. The van der Waals surface area contributed by atoms with Gasteiger partial charge in [0.15, 0.2) is 5.69 Å². The van der Waals surface area contributed by atoms with Gasteiger partial charge < -0.3 is 10.6 Å². The molecular weight excluding hydrogens is 356 g/mol. The Kier molecular flexibility index (Phi) is 5.54. The largest absolute Gasteiger partial charge is 0.370 e. The van der Waals surface area contributed by atoms with E-state index >= 15 is 0 Å². The van der Waals surface area contributed by atoms with Gasteiger partial charge in [-0.1, -0.05) is 36.4 Å². The molecule has 28 heavy (non-hydrogen) atoms. The maximum absolute atomic E-state index is 13.5. The standard InChI is InChI=1S/C21H22N4O3/c1-14(2)25-20(27)17-11-7-6-10-16(17)19(23-25)21(28)24(13-12-18(22)26)15-8-4-3-5-9-15/h3-11,14H,12-13H2,1-2H3,(H2,22,26). The van der Waals surface area contributed by atoms with E-state index in [0.717, 1.165) is 0 Å². The van der Waals surface area contributed by atoms with Crippen molar-refractivity contribution in [3.8, 4) is 0 Å². The van der Waals surface area contributed by atoms with Crippen LogP contribution in [0.2, 0.25) is 0 Å². The summed E-state index contributed by atoms with van der Waals surface area (Å²) >= 11 is 0. The molecule has 7 nitrogen and oxygen atoms in total. The first-order valence-corrected chi connectivity index (χ1v) is 9.07. The Labute approximate surface area is 162 Å². The van der Waals surface area contributed by atoms with Crippen LogP contribution in [-0.4, -0.2) is 28.1 Å². The molecule has 0 aliphatic rings. The molecule has 0 radical (unpaired) electrons. The summed E-state index contributed by atoms with van der Waals surface area (Å²) in [5.74, 6) is -0.892. The van der Waals surface area contributed by atoms with Crippen LogP contribution in [0.4, 0.5) is 5.69 Å². The lowest BCUT2D eigenvalue weighted by molar-refractivity contribution is -0.117. The SMILES string of the molecule is CC(C)n1nc(C(=O)N(CCC(N)=O)c2ccccc2)c2ccccc2c1=O. The lowest BCUT2D eigenvalue weighted by Crippen LogP contribution is -2.37. The van der Waals surface area contributed by atoms with Crippen molar-refractivity contribution in [1.82, 2.24) is 9.78 Å². The minimum absolute atomic E-state index is 0.0163. The Morgan fingerprint density at radius 2 is 1.64 bits per heavy atom. The highest BCUT2D eigenvalue weighted by Crippen LogP contribution is 2.21. The molecule has 2 aromatic carbocycles. The van der Waals surface area contributed by atoms with Gasteiger partial charge in [-0.15, -0.1) is 0 Å². The maximum atomic E-state index is 13.5. The van der Waals surface area contributed by atoms with E-state index in [1.807, 2.05) is 19.9 Å². The number of aromatic nitrogens is 2. The number of amides is 2. The Morgan fingerprint density at radius 3 is 2.25 bits per heavy atom. The topological polar surface area (TPSA) is 98.3 Å². The average Bonchev–Trinajstić information content (AvgIpc) is 2.69. The zero-order valence-corrected chi connectivity index (χ0v) is 15.8. The minimum Gasteiger partial charge on any atom is -0.370 e. The first-order chi connectivity index (χ1) is 13.4. The Balaban J connectivity index is 2.18. The molecule has 0 atom stereocenters. The van der Waals surface area contributed by atoms with Gasteiger partial charge in [0, 0.05) is 24.0 Å². The fourth-order valence-corrected chi connectivity index (χ4v) is 3.02. The summed E-state index contributed by atoms with van der Waals surface area (Å²) < 4.78 is 1.31. The number of para-hydroxylation sites is 1. The van der Waals surface area contributed by atoms with Gasteiger partial charge in [-0.05, 0) is 32.0 Å². The molecule has 0 aliphatic carbocycles. The lowest BCUT2D eigenvalue weighted by Gasteiger charge is -2.23. The zero-order valence-electron chi connectivity index (χ0n) is 15.8. The van der Waals surface area contributed by atoms with Crippen molar-refractivity contribution < 1.29 is 9.59 Å². The second-order valence-corrected chi connectivity index (χ2v) is 6.75. The van der Waals surface area contributed by atoms with Gasteiger partial charge in [-0.2, -0.15) is 5.10 Å². The number of hydrogen-bond donors (Lipinski definition) is 1. The number of rotatable bonds is 6. The van der Waals surface area contributed by atoms with Crippen molar-refractivity contribution in [3.63, 3.8) is 0 Å². The second kappa shape index (κ2) is 8.04. The number of primary amides is 1. The maximum Gasteiger partial charge on any atom is 0.279 e. The Hall–Kier alpha value is -3.48. The number of carbonyl (C=O) groups excluding carboxylic acids is 2. The molecule has 144 valence electrons. The van der Waals surface area contributed by atoms with Crippen LogP contribution in [0.1, 0.15) is 36.8 Å². The van der Waals surface area contributed by atoms with Crippen LogP contribution in [0.5, 0.6) is 0 Å². The Bertz CT molecular complexity index is 1070. The van der Waals surface area contributed by atoms with E-state index in [2.05, 4.69) is 5.10 Å². The van der Waals surface area contributed by atoms with Crippen LogP contribution in [-0.2, 0) is 4.79 Å². The van der Waals surface area contributed by atoms with Crippen molar-refractivity contribution in [3.05, 3.63) is 70.6 Å². The number of nitrogens with two attached hydrogens (primary N) is 1. The molecule has 2 N–H and O–H groups in total. The van der Waals surface area contributed by atoms with Crippen molar-refractivity contribution >= 4 is 28.3 Å². The minimum atomic E-state index is -0.501. The smallest absolute Gasteiger partial charge is 0.279 e. The molecule has 3 rings (SSSR count). The van der Waals surface area contributed by atoms with Crippen LogP contribution >= 0.6 is 0 Å². The van der Waals surface area contributed by atoms with Gasteiger partial charge in [0.05, 0.1) is 11.4 Å². The van der Waals surface area contributed by atoms with Gasteiger partial charge in [0.25, 0.3) is 11.5 Å². The third kappa shape index (κ3) is 3.78. The van der Waals surface area contributed by atoms with Gasteiger partial charge in [0.1, 0.15) is 0 Å². The summed E-state index contributed by atoms with van der Waals surface area (Å²) in [6, 6.07) is 15.7. The van der Waals surface area contributed by atoms with Crippen LogP contribution in [0.3, 0.4) is 0 Å². The number of anilines is 1. The Morgan fingerprint density at radius 1 is 1.04 bits per heavy atom. The van der Waals surface area contributed by atoms with Gasteiger partial charge >= 0.3 is 0 Å². The molecule has 3 aromatic rings. The molecule has 0 unspecified atom stereocenters. The predicted molar refractivity (Wildman–Crippen MR) is 108 cm³/mol. The molecule has 0 spiro atoms. The van der Waals surface area contributed by atoms with Crippen LogP contribution in [0.15, 0.2) is 59.4 Å². The van der Waals surface area contributed by atoms with E-state index in [1.54, 1.807) is 48.5 Å². The number of nitrogens with zero attached hydrogens (tertiary/aromatic N) is 3. The monoisotopic (exact) mass is 378 g/mol. The molecular formula is C21H22N4O3. The quantitative estimate of drug-likeness (QED) is 0.712. The van der Waals surface area contributed by atoms with Crippen LogP contribution in [0.25, 0.3) is 10.8 Å². The second-order valence-electron chi connectivity index (χ2n) is 6.75. The molecule has 0 bridgehead atoms. The van der Waals surface area contributed by atoms with E-state index in [-0.39, 0.29) is 30.3 Å². The molecule has 1 heterocycles. The summed E-state index contributed by atoms with van der Waals surface area (Å²) in [4.78, 5) is 39.0.